The molecule has 3 aromatic rings. The van der Waals surface area contributed by atoms with E-state index in [1.165, 1.54) is 10.1 Å². The zero-order chi connectivity index (χ0) is 23.4. The van der Waals surface area contributed by atoms with Crippen molar-refractivity contribution in [1.82, 2.24) is 24.0 Å². The maximum atomic E-state index is 12.7. The Kier molecular flexibility index (Phi) is 7.07. The first-order valence-corrected chi connectivity index (χ1v) is 11.1. The summed E-state index contributed by atoms with van der Waals surface area (Å²) in [5.41, 5.74) is 0.786. The molecule has 2 aromatic heterocycles. The Hall–Kier alpha value is -3.21. The maximum Gasteiger partial charge on any atom is 0.329 e. The number of piperazine rings is 1. The standard InChI is InChI=1S/C23H30N6O4/c1-3-13-33-16-18(30)15-29-19-20(26(2)23(32)25-21(19)31)24-22(29)28-11-9-27(10-12-28)14-17-7-5-4-6-8-17/h3-8,18,30H,1,9-16H2,2H3,(H,25,31,32). The van der Waals surface area contributed by atoms with Crippen LogP contribution in [0, 0.1) is 0 Å². The molecule has 0 spiro atoms. The van der Waals surface area contributed by atoms with E-state index in [1.54, 1.807) is 17.7 Å². The second kappa shape index (κ2) is 10.2. The summed E-state index contributed by atoms with van der Waals surface area (Å²) in [5, 5.41) is 10.5. The van der Waals surface area contributed by atoms with Crippen LogP contribution in [-0.4, -0.2) is 74.6 Å². The van der Waals surface area contributed by atoms with E-state index in [0.29, 0.717) is 31.3 Å². The van der Waals surface area contributed by atoms with Crippen molar-refractivity contribution in [2.75, 3.05) is 44.3 Å². The van der Waals surface area contributed by atoms with Gasteiger partial charge in [-0.3, -0.25) is 19.2 Å². The molecule has 0 amide bonds. The molecule has 1 unspecified atom stereocenters. The molecule has 1 atom stereocenters. The summed E-state index contributed by atoms with van der Waals surface area (Å²) >= 11 is 0. The normalized spacial score (nSPS) is 15.8. The Bertz CT molecular complexity index is 1210. The number of rotatable bonds is 9. The van der Waals surface area contributed by atoms with Crippen molar-refractivity contribution in [2.45, 2.75) is 19.2 Å². The summed E-state index contributed by atoms with van der Waals surface area (Å²) in [6.45, 7) is 8.11. The fourth-order valence-corrected chi connectivity index (χ4v) is 4.14. The number of hydrogen-bond donors (Lipinski definition) is 2. The Morgan fingerprint density at radius 2 is 1.94 bits per heavy atom. The van der Waals surface area contributed by atoms with Gasteiger partial charge in [-0.15, -0.1) is 6.58 Å². The molecule has 2 N–H and O–H groups in total. The largest absolute Gasteiger partial charge is 0.389 e. The summed E-state index contributed by atoms with van der Waals surface area (Å²) in [6, 6.07) is 10.3. The van der Waals surface area contributed by atoms with E-state index in [9.17, 15) is 14.7 Å². The van der Waals surface area contributed by atoms with Crippen molar-refractivity contribution < 1.29 is 9.84 Å². The minimum Gasteiger partial charge on any atom is -0.389 e. The SMILES string of the molecule is C=CCOCC(O)Cn1c(N2CCN(Cc3ccccc3)CC2)nc2c1c(=O)[nH]c(=O)n2C. The molecule has 3 heterocycles. The molecule has 0 saturated carbocycles. The number of nitrogens with zero attached hydrogens (tertiary/aromatic N) is 5. The van der Waals surface area contributed by atoms with E-state index in [-0.39, 0.29) is 18.7 Å². The number of H-pyrrole nitrogens is 1. The molecule has 4 rings (SSSR count). The van der Waals surface area contributed by atoms with Gasteiger partial charge in [-0.1, -0.05) is 36.4 Å². The van der Waals surface area contributed by atoms with Crippen LogP contribution in [-0.2, 0) is 24.9 Å². The van der Waals surface area contributed by atoms with Gasteiger partial charge in [-0.2, -0.15) is 4.98 Å². The lowest BCUT2D eigenvalue weighted by Crippen LogP contribution is -2.47. The van der Waals surface area contributed by atoms with Crippen molar-refractivity contribution in [3.8, 4) is 0 Å². The molecule has 10 heteroatoms. The van der Waals surface area contributed by atoms with Crippen LogP contribution in [0.5, 0.6) is 0 Å². The molecule has 0 aliphatic carbocycles. The topological polar surface area (TPSA) is 109 Å². The summed E-state index contributed by atoms with van der Waals surface area (Å²) in [7, 11) is 1.57. The Labute approximate surface area is 191 Å². The van der Waals surface area contributed by atoms with Crippen LogP contribution in [0.15, 0.2) is 52.6 Å². The van der Waals surface area contributed by atoms with Crippen LogP contribution in [0.25, 0.3) is 11.2 Å². The predicted octanol–water partition coefficient (Wildman–Crippen LogP) is 0.309. The third-order valence-corrected chi connectivity index (χ3v) is 5.83. The minimum absolute atomic E-state index is 0.0969. The lowest BCUT2D eigenvalue weighted by Gasteiger charge is -2.35. The van der Waals surface area contributed by atoms with Gasteiger partial charge in [0.1, 0.15) is 0 Å². The highest BCUT2D eigenvalue weighted by Crippen LogP contribution is 2.22. The second-order valence-electron chi connectivity index (χ2n) is 8.24. The van der Waals surface area contributed by atoms with E-state index in [2.05, 4.69) is 38.5 Å². The van der Waals surface area contributed by atoms with Crippen molar-refractivity contribution in [3.05, 3.63) is 69.4 Å². The van der Waals surface area contributed by atoms with Crippen LogP contribution in [0.2, 0.25) is 0 Å². The average molecular weight is 455 g/mol. The summed E-state index contributed by atoms with van der Waals surface area (Å²) in [4.78, 5) is 36.3. The molecule has 0 radical (unpaired) electrons. The number of aliphatic hydroxyl groups is 1. The Morgan fingerprint density at radius 1 is 1.21 bits per heavy atom. The van der Waals surface area contributed by atoms with Gasteiger partial charge < -0.3 is 19.3 Å². The molecular formula is C23H30N6O4. The molecule has 1 aliphatic rings. The van der Waals surface area contributed by atoms with Crippen LogP contribution >= 0.6 is 0 Å². The highest BCUT2D eigenvalue weighted by Gasteiger charge is 2.26. The molecule has 10 nitrogen and oxygen atoms in total. The van der Waals surface area contributed by atoms with Crippen molar-refractivity contribution in [3.63, 3.8) is 0 Å². The number of aromatic nitrogens is 4. The van der Waals surface area contributed by atoms with Gasteiger partial charge in [0.25, 0.3) is 5.56 Å². The fourth-order valence-electron chi connectivity index (χ4n) is 4.14. The number of aromatic amines is 1. The van der Waals surface area contributed by atoms with E-state index in [4.69, 9.17) is 4.74 Å². The number of hydrogen-bond acceptors (Lipinski definition) is 7. The van der Waals surface area contributed by atoms with Gasteiger partial charge in [-0.05, 0) is 5.56 Å². The van der Waals surface area contributed by atoms with Gasteiger partial charge in [0, 0.05) is 39.8 Å². The predicted molar refractivity (Wildman–Crippen MR) is 127 cm³/mol. The lowest BCUT2D eigenvalue weighted by molar-refractivity contribution is 0.0404. The van der Waals surface area contributed by atoms with E-state index in [0.717, 1.165) is 19.6 Å². The maximum absolute atomic E-state index is 12.7. The smallest absolute Gasteiger partial charge is 0.329 e. The first-order valence-electron chi connectivity index (χ1n) is 11.1. The number of benzene rings is 1. The van der Waals surface area contributed by atoms with Gasteiger partial charge in [0.05, 0.1) is 25.9 Å². The fraction of sp³-hybridized carbons (Fsp3) is 0.435. The van der Waals surface area contributed by atoms with Crippen LogP contribution < -0.4 is 16.1 Å². The van der Waals surface area contributed by atoms with Gasteiger partial charge in [0.2, 0.25) is 5.95 Å². The second-order valence-corrected chi connectivity index (χ2v) is 8.24. The number of imidazole rings is 1. The van der Waals surface area contributed by atoms with E-state index in [1.807, 2.05) is 18.2 Å². The van der Waals surface area contributed by atoms with E-state index < -0.39 is 17.4 Å². The number of anilines is 1. The van der Waals surface area contributed by atoms with E-state index >= 15 is 0 Å². The van der Waals surface area contributed by atoms with Gasteiger partial charge >= 0.3 is 5.69 Å². The first kappa shape index (κ1) is 23.0. The third kappa shape index (κ3) is 5.08. The molecule has 1 aliphatic heterocycles. The first-order chi connectivity index (χ1) is 16.0. The Balaban J connectivity index is 1.59. The highest BCUT2D eigenvalue weighted by molar-refractivity contribution is 5.74. The quantitative estimate of drug-likeness (QED) is 0.354. The molecule has 0 bridgehead atoms. The Morgan fingerprint density at radius 3 is 2.64 bits per heavy atom. The average Bonchev–Trinajstić information content (AvgIpc) is 3.18. The number of aryl methyl sites for hydroxylation is 1. The molecule has 33 heavy (non-hydrogen) atoms. The third-order valence-electron chi connectivity index (χ3n) is 5.83. The number of ether oxygens (including phenoxy) is 1. The summed E-state index contributed by atoms with van der Waals surface area (Å²) < 4.78 is 8.39. The molecular weight excluding hydrogens is 424 g/mol. The minimum atomic E-state index is -0.850. The van der Waals surface area contributed by atoms with Crippen molar-refractivity contribution >= 4 is 17.1 Å². The zero-order valence-electron chi connectivity index (χ0n) is 18.8. The van der Waals surface area contributed by atoms with Crippen LogP contribution in [0.1, 0.15) is 5.56 Å². The van der Waals surface area contributed by atoms with Gasteiger partial charge in [-0.25, -0.2) is 4.79 Å². The van der Waals surface area contributed by atoms with Crippen LogP contribution in [0.3, 0.4) is 0 Å². The van der Waals surface area contributed by atoms with Crippen LogP contribution in [0.4, 0.5) is 5.95 Å². The van der Waals surface area contributed by atoms with Crippen molar-refractivity contribution in [2.24, 2.45) is 7.05 Å². The zero-order valence-corrected chi connectivity index (χ0v) is 18.8. The number of fused-ring (bicyclic) bond motifs is 1. The molecule has 1 aromatic carbocycles. The molecule has 176 valence electrons. The number of nitrogens with one attached hydrogen (secondary N) is 1. The summed E-state index contributed by atoms with van der Waals surface area (Å²) in [5.74, 6) is 0.568. The number of aliphatic hydroxyl groups excluding tert-OH is 1. The van der Waals surface area contributed by atoms with Gasteiger partial charge in [0.15, 0.2) is 11.2 Å². The molecule has 1 saturated heterocycles. The summed E-state index contributed by atoms with van der Waals surface area (Å²) in [6.07, 6.45) is 0.761. The highest BCUT2D eigenvalue weighted by atomic mass is 16.5. The molecule has 1 fully saturated rings. The lowest BCUT2D eigenvalue weighted by atomic mass is 10.2. The van der Waals surface area contributed by atoms with Crippen molar-refractivity contribution in [1.29, 1.82) is 0 Å². The monoisotopic (exact) mass is 454 g/mol.